The van der Waals surface area contributed by atoms with Gasteiger partial charge < -0.3 is 20.1 Å². The SMILES string of the molecule is CCOC(=O)/C=C/C[C@](C)(NC(=O)OCC1c2ccccc2-c2ccccc21)c1cc(NC(=O)C(F)(F)F)ccc1F. The number of amides is 2. The van der Waals surface area contributed by atoms with Crippen LogP contribution in [0.3, 0.4) is 0 Å². The average Bonchev–Trinajstić information content (AvgIpc) is 3.26. The highest BCUT2D eigenvalue weighted by Crippen LogP contribution is 2.44. The van der Waals surface area contributed by atoms with Gasteiger partial charge in [-0.2, -0.15) is 13.2 Å². The molecule has 0 unspecified atom stereocenters. The molecule has 0 bridgehead atoms. The number of hydrogen-bond donors (Lipinski definition) is 2. The highest BCUT2D eigenvalue weighted by Gasteiger charge is 2.39. The van der Waals surface area contributed by atoms with Crippen LogP contribution in [0, 0.1) is 5.82 Å². The standard InChI is InChI=1S/C31H28F4N2O5/c1-3-41-27(38)13-8-16-30(2,25-17-19(14-15-26(25)32)36-28(39)31(33,34)35)37-29(40)42-18-24-22-11-6-4-9-20(22)21-10-5-7-12-23(21)24/h4-15,17,24H,3,16,18H2,1-2H3,(H,36,39)(H,37,40)/b13-8+/t30-/m0/s1. The molecule has 3 aromatic rings. The summed E-state index contributed by atoms with van der Waals surface area (Å²) in [5.74, 6) is -4.04. The van der Waals surface area contributed by atoms with Crippen LogP contribution in [0.25, 0.3) is 11.1 Å². The summed E-state index contributed by atoms with van der Waals surface area (Å²) < 4.78 is 64.0. The van der Waals surface area contributed by atoms with Gasteiger partial charge in [-0.1, -0.05) is 54.6 Å². The van der Waals surface area contributed by atoms with Crippen molar-refractivity contribution in [3.05, 3.63) is 101 Å². The second-order valence-corrected chi connectivity index (χ2v) is 9.79. The molecule has 42 heavy (non-hydrogen) atoms. The van der Waals surface area contributed by atoms with Crippen molar-refractivity contribution in [2.45, 2.75) is 37.9 Å². The molecule has 3 aromatic carbocycles. The van der Waals surface area contributed by atoms with E-state index in [0.29, 0.717) is 0 Å². The minimum atomic E-state index is -5.17. The maximum absolute atomic E-state index is 15.1. The molecule has 0 heterocycles. The van der Waals surface area contributed by atoms with Crippen LogP contribution in [-0.2, 0) is 24.6 Å². The molecule has 0 aromatic heterocycles. The number of ether oxygens (including phenoxy) is 2. The minimum Gasteiger partial charge on any atom is -0.463 e. The summed E-state index contributed by atoms with van der Waals surface area (Å²) in [5, 5.41) is 4.28. The van der Waals surface area contributed by atoms with Gasteiger partial charge in [0.05, 0.1) is 12.1 Å². The van der Waals surface area contributed by atoms with E-state index in [1.807, 2.05) is 48.5 Å². The van der Waals surface area contributed by atoms with E-state index in [-0.39, 0.29) is 36.8 Å². The van der Waals surface area contributed by atoms with Crippen molar-refractivity contribution in [1.29, 1.82) is 0 Å². The second-order valence-electron chi connectivity index (χ2n) is 9.79. The first-order valence-electron chi connectivity index (χ1n) is 13.1. The number of esters is 1. The van der Waals surface area contributed by atoms with Crippen LogP contribution < -0.4 is 10.6 Å². The van der Waals surface area contributed by atoms with Crippen LogP contribution in [-0.4, -0.2) is 37.4 Å². The molecular weight excluding hydrogens is 556 g/mol. The molecule has 2 amide bonds. The third-order valence-electron chi connectivity index (χ3n) is 6.86. The molecule has 1 aliphatic rings. The highest BCUT2D eigenvalue weighted by atomic mass is 19.4. The van der Waals surface area contributed by atoms with Gasteiger partial charge in [-0.25, -0.2) is 14.0 Å². The topological polar surface area (TPSA) is 93.7 Å². The van der Waals surface area contributed by atoms with Gasteiger partial charge in [0, 0.05) is 23.2 Å². The summed E-state index contributed by atoms with van der Waals surface area (Å²) in [7, 11) is 0. The molecule has 220 valence electrons. The summed E-state index contributed by atoms with van der Waals surface area (Å²) in [6.45, 7) is 3.11. The monoisotopic (exact) mass is 584 g/mol. The Kier molecular flexibility index (Phi) is 8.99. The molecule has 0 saturated carbocycles. The van der Waals surface area contributed by atoms with Crippen molar-refractivity contribution in [2.24, 2.45) is 0 Å². The van der Waals surface area contributed by atoms with E-state index in [2.05, 4.69) is 5.32 Å². The number of carbonyl (C=O) groups is 3. The van der Waals surface area contributed by atoms with Crippen molar-refractivity contribution in [1.82, 2.24) is 5.32 Å². The van der Waals surface area contributed by atoms with Gasteiger partial charge in [0.25, 0.3) is 0 Å². The largest absolute Gasteiger partial charge is 0.471 e. The Morgan fingerprint density at radius 1 is 0.929 bits per heavy atom. The van der Waals surface area contributed by atoms with Gasteiger partial charge in [-0.15, -0.1) is 0 Å². The van der Waals surface area contributed by atoms with Crippen molar-refractivity contribution in [3.63, 3.8) is 0 Å². The summed E-state index contributed by atoms with van der Waals surface area (Å²) in [6.07, 6.45) is -3.84. The van der Waals surface area contributed by atoms with Crippen molar-refractivity contribution >= 4 is 23.7 Å². The molecule has 0 aliphatic heterocycles. The molecule has 11 heteroatoms. The lowest BCUT2D eigenvalue weighted by Gasteiger charge is -2.31. The Hall–Kier alpha value is -4.67. The fourth-order valence-corrected chi connectivity index (χ4v) is 4.90. The molecule has 2 N–H and O–H groups in total. The number of halogens is 4. The lowest BCUT2D eigenvalue weighted by molar-refractivity contribution is -0.167. The molecule has 1 aliphatic carbocycles. The van der Waals surface area contributed by atoms with Crippen molar-refractivity contribution in [2.75, 3.05) is 18.5 Å². The number of carbonyl (C=O) groups excluding carboxylic acids is 3. The summed E-state index contributed by atoms with van der Waals surface area (Å²) >= 11 is 0. The van der Waals surface area contributed by atoms with E-state index < -0.39 is 35.5 Å². The predicted octanol–water partition coefficient (Wildman–Crippen LogP) is 6.59. The van der Waals surface area contributed by atoms with Gasteiger partial charge in [-0.05, 0) is 60.7 Å². The maximum atomic E-state index is 15.1. The highest BCUT2D eigenvalue weighted by molar-refractivity contribution is 5.95. The van der Waals surface area contributed by atoms with Crippen LogP contribution in [0.2, 0.25) is 0 Å². The average molecular weight is 585 g/mol. The molecule has 0 saturated heterocycles. The van der Waals surface area contributed by atoms with Gasteiger partial charge in [0.2, 0.25) is 0 Å². The Balaban J connectivity index is 1.58. The second kappa shape index (κ2) is 12.5. The number of hydrogen-bond acceptors (Lipinski definition) is 5. The molecule has 1 atom stereocenters. The van der Waals surface area contributed by atoms with Crippen LogP contribution in [0.15, 0.2) is 78.9 Å². The quantitative estimate of drug-likeness (QED) is 0.168. The Labute approximate surface area is 239 Å². The number of alkyl halides is 3. The Bertz CT molecular complexity index is 1480. The molecule has 0 spiro atoms. The lowest BCUT2D eigenvalue weighted by atomic mass is 9.87. The molecule has 4 rings (SSSR count). The summed E-state index contributed by atoms with van der Waals surface area (Å²) in [5.41, 5.74) is 1.80. The van der Waals surface area contributed by atoms with Crippen molar-refractivity contribution < 1.29 is 41.4 Å². The molecule has 0 fully saturated rings. The fourth-order valence-electron chi connectivity index (χ4n) is 4.90. The van der Waals surface area contributed by atoms with E-state index in [1.54, 1.807) is 12.2 Å². The zero-order valence-corrected chi connectivity index (χ0v) is 22.8. The number of alkyl carbamates (subject to hydrolysis) is 1. The van der Waals surface area contributed by atoms with Crippen LogP contribution in [0.4, 0.5) is 28.0 Å². The van der Waals surface area contributed by atoms with Gasteiger partial charge in [-0.3, -0.25) is 4.79 Å². The van der Waals surface area contributed by atoms with Crippen molar-refractivity contribution in [3.8, 4) is 11.1 Å². The summed E-state index contributed by atoms with van der Waals surface area (Å²) in [6, 6.07) is 18.3. The third kappa shape index (κ3) is 6.79. The van der Waals surface area contributed by atoms with Gasteiger partial charge in [0.15, 0.2) is 0 Å². The number of nitrogens with one attached hydrogen (secondary N) is 2. The smallest absolute Gasteiger partial charge is 0.463 e. The zero-order valence-electron chi connectivity index (χ0n) is 22.8. The maximum Gasteiger partial charge on any atom is 0.471 e. The molecule has 0 radical (unpaired) electrons. The van der Waals surface area contributed by atoms with Crippen LogP contribution in [0.5, 0.6) is 0 Å². The van der Waals surface area contributed by atoms with E-state index in [0.717, 1.165) is 46.5 Å². The first kappa shape index (κ1) is 30.3. The third-order valence-corrected chi connectivity index (χ3v) is 6.86. The van der Waals surface area contributed by atoms with Gasteiger partial charge in [0.1, 0.15) is 12.4 Å². The number of rotatable bonds is 9. The Morgan fingerprint density at radius 3 is 2.14 bits per heavy atom. The van der Waals surface area contributed by atoms with Gasteiger partial charge >= 0.3 is 24.1 Å². The first-order chi connectivity index (χ1) is 19.9. The van der Waals surface area contributed by atoms with E-state index >= 15 is 4.39 Å². The normalized spacial score (nSPS) is 14.0. The van der Waals surface area contributed by atoms with Crippen LogP contribution >= 0.6 is 0 Å². The number of anilines is 1. The molecule has 7 nitrogen and oxygen atoms in total. The molecular formula is C31H28F4N2O5. The van der Waals surface area contributed by atoms with Crippen LogP contribution in [0.1, 0.15) is 42.9 Å². The van der Waals surface area contributed by atoms with E-state index in [1.165, 1.54) is 13.0 Å². The zero-order chi connectivity index (χ0) is 30.5. The van der Waals surface area contributed by atoms with E-state index in [9.17, 15) is 27.6 Å². The first-order valence-corrected chi connectivity index (χ1v) is 13.1. The number of fused-ring (bicyclic) bond motifs is 3. The fraction of sp³-hybridized carbons (Fsp3) is 0.258. The van der Waals surface area contributed by atoms with E-state index in [4.69, 9.17) is 9.47 Å². The lowest BCUT2D eigenvalue weighted by Crippen LogP contribution is -2.44. The Morgan fingerprint density at radius 2 is 1.55 bits per heavy atom. The predicted molar refractivity (Wildman–Crippen MR) is 147 cm³/mol. The minimum absolute atomic E-state index is 0.0429. The number of benzene rings is 3. The summed E-state index contributed by atoms with van der Waals surface area (Å²) in [4.78, 5) is 36.4.